The van der Waals surface area contributed by atoms with E-state index >= 15 is 0 Å². The van der Waals surface area contributed by atoms with Gasteiger partial charge in [-0.25, -0.2) is 23.4 Å². The smallest absolute Gasteiger partial charge is 0.412 e. The number of anilines is 1. The number of urea groups is 1. The minimum absolute atomic E-state index is 0.0260. The fourth-order valence-electron chi connectivity index (χ4n) is 4.39. The summed E-state index contributed by atoms with van der Waals surface area (Å²) in [6.45, 7) is 2.36. The number of fused-ring (bicyclic) bond motifs is 1. The summed E-state index contributed by atoms with van der Waals surface area (Å²) in [4.78, 5) is 45.5. The van der Waals surface area contributed by atoms with E-state index in [9.17, 15) is 23.2 Å². The van der Waals surface area contributed by atoms with E-state index in [1.165, 1.54) is 48.5 Å². The Morgan fingerprint density at radius 3 is 2.71 bits per heavy atom. The zero-order chi connectivity index (χ0) is 29.4. The highest BCUT2D eigenvalue weighted by atomic mass is 35.5. The number of aromatic nitrogens is 1. The SMILES string of the molecule is CN(C(=O)NCc1cccc(F)c1Cl)[C@H](CCC(=O)N1CCNCC1)COC(=O)Nc1cc2cc(F)ccc2cn1. The van der Waals surface area contributed by atoms with Gasteiger partial charge in [0.25, 0.3) is 0 Å². The summed E-state index contributed by atoms with van der Waals surface area (Å²) in [7, 11) is 1.52. The summed E-state index contributed by atoms with van der Waals surface area (Å²) in [6.07, 6.45) is 1.04. The van der Waals surface area contributed by atoms with Crippen LogP contribution in [0, 0.1) is 11.6 Å². The third-order valence-electron chi connectivity index (χ3n) is 6.81. The molecule has 0 bridgehead atoms. The maximum Gasteiger partial charge on any atom is 0.412 e. The quantitative estimate of drug-likeness (QED) is 0.346. The highest BCUT2D eigenvalue weighted by Crippen LogP contribution is 2.20. The average Bonchev–Trinajstić information content (AvgIpc) is 2.97. The molecule has 2 heterocycles. The molecule has 41 heavy (non-hydrogen) atoms. The van der Waals surface area contributed by atoms with E-state index in [0.717, 1.165) is 0 Å². The van der Waals surface area contributed by atoms with Crippen LogP contribution >= 0.6 is 11.6 Å². The molecule has 218 valence electrons. The molecule has 3 aromatic rings. The Bertz CT molecular complexity index is 1410. The number of hydrogen-bond donors (Lipinski definition) is 3. The molecule has 0 radical (unpaired) electrons. The van der Waals surface area contributed by atoms with Gasteiger partial charge in [0.05, 0.1) is 11.1 Å². The van der Waals surface area contributed by atoms with E-state index < -0.39 is 29.8 Å². The van der Waals surface area contributed by atoms with E-state index in [2.05, 4.69) is 20.9 Å². The second-order valence-corrected chi connectivity index (χ2v) is 9.97. The molecule has 4 amide bonds. The van der Waals surface area contributed by atoms with Gasteiger partial charge < -0.3 is 25.2 Å². The van der Waals surface area contributed by atoms with Crippen molar-refractivity contribution in [1.29, 1.82) is 0 Å². The average molecular weight is 589 g/mol. The Kier molecular flexibility index (Phi) is 10.3. The third kappa shape index (κ3) is 8.24. The summed E-state index contributed by atoms with van der Waals surface area (Å²) in [5.74, 6) is -0.913. The largest absolute Gasteiger partial charge is 0.447 e. The first-order chi connectivity index (χ1) is 19.7. The standard InChI is InChI=1S/C28H31ClF2N6O4/c1-36(27(39)34-16-19-3-2-4-23(31)26(19)29)22(7-8-25(38)37-11-9-32-10-12-37)17-41-28(40)35-24-14-20-13-21(30)6-5-18(20)15-33-24/h2-6,13-15,22,32H,7-12,16-17H2,1H3,(H,34,39)(H,33,35,40)/t22-/m1/s1. The Hall–Kier alpha value is -4.03. The van der Waals surface area contributed by atoms with Crippen LogP contribution in [0.3, 0.4) is 0 Å². The van der Waals surface area contributed by atoms with E-state index in [1.54, 1.807) is 17.0 Å². The van der Waals surface area contributed by atoms with Crippen LogP contribution in [-0.4, -0.2) is 78.7 Å². The maximum atomic E-state index is 13.8. The van der Waals surface area contributed by atoms with Crippen molar-refractivity contribution in [3.8, 4) is 0 Å². The highest BCUT2D eigenvalue weighted by molar-refractivity contribution is 6.31. The van der Waals surface area contributed by atoms with Crippen LogP contribution < -0.4 is 16.0 Å². The lowest BCUT2D eigenvalue weighted by atomic mass is 10.1. The van der Waals surface area contributed by atoms with E-state index in [4.69, 9.17) is 16.3 Å². The molecule has 0 unspecified atom stereocenters. The van der Waals surface area contributed by atoms with Crippen LogP contribution in [0.5, 0.6) is 0 Å². The Morgan fingerprint density at radius 2 is 1.93 bits per heavy atom. The lowest BCUT2D eigenvalue weighted by Gasteiger charge is -2.30. The number of amides is 4. The van der Waals surface area contributed by atoms with Crippen LogP contribution in [0.1, 0.15) is 18.4 Å². The van der Waals surface area contributed by atoms with Crippen molar-refractivity contribution in [2.75, 3.05) is 45.2 Å². The molecule has 3 N–H and O–H groups in total. The Labute approximate surface area is 241 Å². The van der Waals surface area contributed by atoms with Crippen molar-refractivity contribution in [2.24, 2.45) is 0 Å². The van der Waals surface area contributed by atoms with Gasteiger partial charge in [-0.3, -0.25) is 10.1 Å². The van der Waals surface area contributed by atoms with Gasteiger partial charge in [0, 0.05) is 57.8 Å². The molecule has 1 aliphatic heterocycles. The second-order valence-electron chi connectivity index (χ2n) is 9.59. The lowest BCUT2D eigenvalue weighted by molar-refractivity contribution is -0.132. The van der Waals surface area contributed by atoms with Crippen LogP contribution in [0.4, 0.5) is 24.2 Å². The van der Waals surface area contributed by atoms with E-state index in [0.29, 0.717) is 42.5 Å². The Morgan fingerprint density at radius 1 is 1.15 bits per heavy atom. The first-order valence-electron chi connectivity index (χ1n) is 13.1. The minimum Gasteiger partial charge on any atom is -0.447 e. The molecule has 13 heteroatoms. The van der Waals surface area contributed by atoms with Gasteiger partial charge in [0.15, 0.2) is 0 Å². The summed E-state index contributed by atoms with van der Waals surface area (Å²) in [5, 5.41) is 9.55. The number of benzene rings is 2. The number of ether oxygens (including phenoxy) is 1. The Balaban J connectivity index is 1.38. The predicted molar refractivity (Wildman–Crippen MR) is 151 cm³/mol. The number of carbonyl (C=O) groups is 3. The van der Waals surface area contributed by atoms with Crippen LogP contribution in [0.2, 0.25) is 5.02 Å². The summed E-state index contributed by atoms with van der Waals surface area (Å²) in [6, 6.07) is 8.86. The zero-order valence-electron chi connectivity index (χ0n) is 22.5. The normalized spacial score (nSPS) is 13.9. The highest BCUT2D eigenvalue weighted by Gasteiger charge is 2.25. The van der Waals surface area contributed by atoms with Gasteiger partial charge in [-0.1, -0.05) is 23.7 Å². The molecule has 0 saturated carbocycles. The molecule has 4 rings (SSSR count). The van der Waals surface area contributed by atoms with Crippen LogP contribution in [0.25, 0.3) is 10.8 Å². The molecule has 1 aliphatic rings. The molecule has 0 aliphatic carbocycles. The summed E-state index contributed by atoms with van der Waals surface area (Å²) in [5.41, 5.74) is 0.400. The third-order valence-corrected chi connectivity index (χ3v) is 7.23. The number of rotatable bonds is 9. The van der Waals surface area contributed by atoms with Gasteiger partial charge in [-0.05, 0) is 47.7 Å². The zero-order valence-corrected chi connectivity index (χ0v) is 23.2. The van der Waals surface area contributed by atoms with Gasteiger partial charge in [0.2, 0.25) is 5.91 Å². The first-order valence-corrected chi connectivity index (χ1v) is 13.5. The molecule has 2 aromatic carbocycles. The molecule has 1 aromatic heterocycles. The molecule has 0 spiro atoms. The molecular weight excluding hydrogens is 558 g/mol. The number of halogens is 3. The van der Waals surface area contributed by atoms with Gasteiger partial charge in [0.1, 0.15) is 24.1 Å². The van der Waals surface area contributed by atoms with Gasteiger partial charge in [-0.2, -0.15) is 0 Å². The van der Waals surface area contributed by atoms with Gasteiger partial charge in [-0.15, -0.1) is 0 Å². The first kappa shape index (κ1) is 29.9. The van der Waals surface area contributed by atoms with E-state index in [1.807, 2.05) is 0 Å². The second kappa shape index (κ2) is 14.0. The molecule has 1 fully saturated rings. The van der Waals surface area contributed by atoms with Crippen LogP contribution in [0.15, 0.2) is 48.7 Å². The van der Waals surface area contributed by atoms with Crippen molar-refractivity contribution in [3.63, 3.8) is 0 Å². The minimum atomic E-state index is -0.827. The van der Waals surface area contributed by atoms with E-state index in [-0.39, 0.29) is 42.7 Å². The van der Waals surface area contributed by atoms with Crippen LogP contribution in [-0.2, 0) is 16.1 Å². The molecule has 1 saturated heterocycles. The number of carbonyl (C=O) groups excluding carboxylic acids is 3. The number of hydrogen-bond acceptors (Lipinski definition) is 6. The summed E-state index contributed by atoms with van der Waals surface area (Å²) < 4.78 is 32.8. The lowest BCUT2D eigenvalue weighted by Crippen LogP contribution is -2.48. The van der Waals surface area contributed by atoms with Crippen molar-refractivity contribution in [2.45, 2.75) is 25.4 Å². The molecular formula is C28H31ClF2N6O4. The summed E-state index contributed by atoms with van der Waals surface area (Å²) >= 11 is 5.99. The molecule has 1 atom stereocenters. The number of likely N-dealkylation sites (N-methyl/N-ethyl adjacent to an activating group) is 1. The topological polar surface area (TPSA) is 116 Å². The number of piperazine rings is 1. The number of nitrogens with zero attached hydrogens (tertiary/aromatic N) is 3. The fraction of sp³-hybridized carbons (Fsp3) is 0.357. The van der Waals surface area contributed by atoms with Crippen molar-refractivity contribution < 1.29 is 27.9 Å². The fourth-order valence-corrected chi connectivity index (χ4v) is 4.58. The molecule has 10 nitrogen and oxygen atoms in total. The number of pyridine rings is 1. The van der Waals surface area contributed by atoms with Crippen molar-refractivity contribution in [1.82, 2.24) is 25.4 Å². The van der Waals surface area contributed by atoms with Gasteiger partial charge >= 0.3 is 12.1 Å². The maximum absolute atomic E-state index is 13.8. The monoisotopic (exact) mass is 588 g/mol. The van der Waals surface area contributed by atoms with Crippen molar-refractivity contribution in [3.05, 3.63) is 70.9 Å². The predicted octanol–water partition coefficient (Wildman–Crippen LogP) is 4.14. The van der Waals surface area contributed by atoms with Crippen molar-refractivity contribution >= 4 is 46.2 Å². The number of nitrogens with one attached hydrogen (secondary N) is 3.